The van der Waals surface area contributed by atoms with Crippen LogP contribution in [0.1, 0.15) is 108 Å². The van der Waals surface area contributed by atoms with Crippen LogP contribution in [0.5, 0.6) is 0 Å². The number of alkyl carbamates (subject to hydrolysis) is 1. The maximum Gasteiger partial charge on any atom is 0.408 e. The van der Waals surface area contributed by atoms with E-state index >= 15 is 0 Å². The van der Waals surface area contributed by atoms with Crippen LogP contribution >= 0.6 is 0 Å². The number of aryl methyl sites for hydroxylation is 2. The number of amides is 4. The highest BCUT2D eigenvalue weighted by molar-refractivity contribution is 5.94. The van der Waals surface area contributed by atoms with Gasteiger partial charge in [-0.1, -0.05) is 68.4 Å². The Bertz CT molecular complexity index is 977. The minimum atomic E-state index is -1.27. The van der Waals surface area contributed by atoms with Crippen LogP contribution in [0, 0.1) is 13.8 Å². The first kappa shape index (κ1) is 32.1. The average Bonchev–Trinajstić information content (AvgIpc) is 2.81. The Morgan fingerprint density at radius 3 is 2.18 bits per heavy atom. The van der Waals surface area contributed by atoms with Gasteiger partial charge >= 0.3 is 6.09 Å². The molecule has 0 aromatic heterocycles. The quantitative estimate of drug-likeness (QED) is 0.332. The SMILES string of the molecule is CCCCCN(C(=O)C(CC(N)=O)NC(=O)OC(C)(C)C)C(C(=O)NC1CCCCC1)c1cc(C)cc(C)c1. The number of nitrogens with zero attached hydrogens (tertiary/aromatic N) is 1. The lowest BCUT2D eigenvalue weighted by Crippen LogP contribution is -2.55. The highest BCUT2D eigenvalue weighted by Gasteiger charge is 2.37. The number of ether oxygens (including phenoxy) is 1. The molecule has 0 aliphatic heterocycles. The monoisotopic (exact) mass is 544 g/mol. The summed E-state index contributed by atoms with van der Waals surface area (Å²) in [5.41, 5.74) is 7.33. The maximum atomic E-state index is 14.1. The first-order valence-electron chi connectivity index (χ1n) is 14.3. The molecule has 4 N–H and O–H groups in total. The lowest BCUT2D eigenvalue weighted by molar-refractivity contribution is -0.143. The Balaban J connectivity index is 2.51. The number of nitrogens with one attached hydrogen (secondary N) is 2. The third kappa shape index (κ3) is 10.9. The molecule has 1 aliphatic carbocycles. The second-order valence-electron chi connectivity index (χ2n) is 11.8. The van der Waals surface area contributed by atoms with Crippen molar-refractivity contribution in [2.75, 3.05) is 6.54 Å². The van der Waals surface area contributed by atoms with Crippen molar-refractivity contribution in [2.45, 2.75) is 123 Å². The molecule has 1 aliphatic rings. The summed E-state index contributed by atoms with van der Waals surface area (Å²) in [6.07, 6.45) is 6.27. The summed E-state index contributed by atoms with van der Waals surface area (Å²) in [5, 5.41) is 5.74. The van der Waals surface area contributed by atoms with Crippen LogP contribution in [0.15, 0.2) is 18.2 Å². The fourth-order valence-corrected chi connectivity index (χ4v) is 5.12. The number of primary amides is 1. The minimum Gasteiger partial charge on any atom is -0.444 e. The fraction of sp³-hybridized carbons (Fsp3) is 0.667. The van der Waals surface area contributed by atoms with Gasteiger partial charge in [0.15, 0.2) is 0 Å². The molecule has 9 heteroatoms. The van der Waals surface area contributed by atoms with Crippen molar-refractivity contribution < 1.29 is 23.9 Å². The lowest BCUT2D eigenvalue weighted by Gasteiger charge is -2.36. The summed E-state index contributed by atoms with van der Waals surface area (Å²) in [7, 11) is 0. The minimum absolute atomic E-state index is 0.0496. The molecule has 9 nitrogen and oxygen atoms in total. The summed E-state index contributed by atoms with van der Waals surface area (Å²) < 4.78 is 5.35. The molecule has 2 atom stereocenters. The van der Waals surface area contributed by atoms with Gasteiger partial charge < -0.3 is 26.0 Å². The van der Waals surface area contributed by atoms with E-state index in [1.807, 2.05) is 32.0 Å². The Morgan fingerprint density at radius 1 is 1.03 bits per heavy atom. The van der Waals surface area contributed by atoms with E-state index < -0.39 is 42.0 Å². The third-order valence-corrected chi connectivity index (χ3v) is 6.75. The van der Waals surface area contributed by atoms with Gasteiger partial charge in [-0.3, -0.25) is 14.4 Å². The van der Waals surface area contributed by atoms with E-state index in [0.717, 1.165) is 56.1 Å². The number of hydrogen-bond acceptors (Lipinski definition) is 5. The molecule has 39 heavy (non-hydrogen) atoms. The van der Waals surface area contributed by atoms with E-state index in [9.17, 15) is 19.2 Å². The van der Waals surface area contributed by atoms with Crippen molar-refractivity contribution in [3.05, 3.63) is 34.9 Å². The highest BCUT2D eigenvalue weighted by atomic mass is 16.6. The first-order valence-corrected chi connectivity index (χ1v) is 14.3. The predicted molar refractivity (Wildman–Crippen MR) is 152 cm³/mol. The van der Waals surface area contributed by atoms with Crippen molar-refractivity contribution >= 4 is 23.8 Å². The average molecular weight is 545 g/mol. The van der Waals surface area contributed by atoms with Crippen LogP contribution < -0.4 is 16.4 Å². The molecule has 2 rings (SSSR count). The van der Waals surface area contributed by atoms with Crippen molar-refractivity contribution in [1.82, 2.24) is 15.5 Å². The van der Waals surface area contributed by atoms with Crippen LogP contribution in [0.4, 0.5) is 4.79 Å². The highest BCUT2D eigenvalue weighted by Crippen LogP contribution is 2.27. The Hall–Kier alpha value is -3.10. The third-order valence-electron chi connectivity index (χ3n) is 6.75. The number of benzene rings is 1. The van der Waals surface area contributed by atoms with E-state index in [1.54, 1.807) is 20.8 Å². The Labute approximate surface area is 233 Å². The summed E-state index contributed by atoms with van der Waals surface area (Å²) >= 11 is 0. The zero-order valence-corrected chi connectivity index (χ0v) is 24.6. The van der Waals surface area contributed by atoms with E-state index in [0.29, 0.717) is 12.0 Å². The van der Waals surface area contributed by atoms with Crippen molar-refractivity contribution in [1.29, 1.82) is 0 Å². The summed E-state index contributed by atoms with van der Waals surface area (Å²) in [4.78, 5) is 54.2. The molecule has 1 fully saturated rings. The molecule has 0 bridgehead atoms. The largest absolute Gasteiger partial charge is 0.444 e. The summed E-state index contributed by atoms with van der Waals surface area (Å²) in [6, 6.07) is 3.71. The number of carbonyl (C=O) groups is 4. The number of hydrogen-bond donors (Lipinski definition) is 3. The second kappa shape index (κ2) is 14.9. The molecule has 0 saturated heterocycles. The van der Waals surface area contributed by atoms with Gasteiger partial charge in [0.1, 0.15) is 17.7 Å². The van der Waals surface area contributed by atoms with E-state index in [2.05, 4.69) is 17.6 Å². The van der Waals surface area contributed by atoms with Gasteiger partial charge in [0.2, 0.25) is 17.7 Å². The molecular weight excluding hydrogens is 496 g/mol. The van der Waals surface area contributed by atoms with Gasteiger partial charge in [0.05, 0.1) is 6.42 Å². The number of rotatable bonds is 12. The van der Waals surface area contributed by atoms with Crippen LogP contribution in [0.3, 0.4) is 0 Å². The predicted octanol–water partition coefficient (Wildman–Crippen LogP) is 4.58. The summed E-state index contributed by atoms with van der Waals surface area (Å²) in [5.74, 6) is -1.54. The molecule has 1 saturated carbocycles. The van der Waals surface area contributed by atoms with E-state index in [1.165, 1.54) is 4.90 Å². The van der Waals surface area contributed by atoms with Gasteiger partial charge in [-0.05, 0) is 59.4 Å². The Kier molecular flexibility index (Phi) is 12.3. The molecule has 0 spiro atoms. The molecule has 1 aromatic carbocycles. The van der Waals surface area contributed by atoms with Gasteiger partial charge in [0.25, 0.3) is 0 Å². The molecule has 1 aromatic rings. The van der Waals surface area contributed by atoms with Crippen LogP contribution in [0.25, 0.3) is 0 Å². The van der Waals surface area contributed by atoms with Crippen molar-refractivity contribution in [3.63, 3.8) is 0 Å². The molecule has 0 radical (unpaired) electrons. The standard InChI is InChI=1S/C30H48N4O5/c1-7-8-12-15-34(28(37)24(19-25(31)35)33-29(38)39-30(4,5)6)26(22-17-20(2)16-21(3)18-22)27(36)32-23-13-10-9-11-14-23/h16-18,23-24,26H,7-15,19H2,1-6H3,(H2,31,35)(H,32,36)(H,33,38). The normalized spacial score (nSPS) is 15.6. The molecule has 0 heterocycles. The van der Waals surface area contributed by atoms with Crippen molar-refractivity contribution in [3.8, 4) is 0 Å². The zero-order valence-electron chi connectivity index (χ0n) is 24.6. The number of carbonyl (C=O) groups excluding carboxylic acids is 4. The molecule has 4 amide bonds. The maximum absolute atomic E-state index is 14.1. The topological polar surface area (TPSA) is 131 Å². The molecule has 2 unspecified atom stereocenters. The van der Waals surface area contributed by atoms with Gasteiger partial charge in [-0.2, -0.15) is 0 Å². The van der Waals surface area contributed by atoms with E-state index in [4.69, 9.17) is 10.5 Å². The van der Waals surface area contributed by atoms with Crippen LogP contribution in [0.2, 0.25) is 0 Å². The Morgan fingerprint density at radius 2 is 1.64 bits per heavy atom. The van der Waals surface area contributed by atoms with Gasteiger partial charge in [0, 0.05) is 12.6 Å². The number of unbranched alkanes of at least 4 members (excludes halogenated alkanes) is 2. The van der Waals surface area contributed by atoms with Gasteiger partial charge in [-0.25, -0.2) is 4.79 Å². The van der Waals surface area contributed by atoms with Gasteiger partial charge in [-0.15, -0.1) is 0 Å². The molecular formula is C30H48N4O5. The smallest absolute Gasteiger partial charge is 0.408 e. The number of nitrogens with two attached hydrogens (primary N) is 1. The second-order valence-corrected chi connectivity index (χ2v) is 11.8. The van der Waals surface area contributed by atoms with Crippen LogP contribution in [-0.4, -0.2) is 52.9 Å². The fourth-order valence-electron chi connectivity index (χ4n) is 5.12. The molecule has 218 valence electrons. The van der Waals surface area contributed by atoms with Crippen molar-refractivity contribution in [2.24, 2.45) is 5.73 Å². The first-order chi connectivity index (χ1) is 18.3. The summed E-state index contributed by atoms with van der Waals surface area (Å²) in [6.45, 7) is 11.4. The zero-order chi connectivity index (χ0) is 29.2. The lowest BCUT2D eigenvalue weighted by atomic mass is 9.94. The van der Waals surface area contributed by atoms with Crippen LogP contribution in [-0.2, 0) is 19.1 Å². The van der Waals surface area contributed by atoms with E-state index in [-0.39, 0.29) is 18.5 Å².